The molecule has 1 heterocycles. The van der Waals surface area contributed by atoms with E-state index in [2.05, 4.69) is 24.2 Å². The highest BCUT2D eigenvalue weighted by Gasteiger charge is 2.64. The Morgan fingerprint density at radius 1 is 1.14 bits per heavy atom. The fraction of sp³-hybridized carbons (Fsp3) is 0.571. The molecule has 3 fully saturated rings. The van der Waals surface area contributed by atoms with Gasteiger partial charge in [0.2, 0.25) is 0 Å². The van der Waals surface area contributed by atoms with E-state index in [-0.39, 0.29) is 11.0 Å². The van der Waals surface area contributed by atoms with Crippen LogP contribution >= 0.6 is 0 Å². The fourth-order valence-corrected chi connectivity index (χ4v) is 8.36. The summed E-state index contributed by atoms with van der Waals surface area (Å²) in [6.07, 6.45) is 10.1. The molecule has 4 aliphatic carbocycles. The van der Waals surface area contributed by atoms with E-state index >= 15 is 0 Å². The molecule has 0 aliphatic heterocycles. The van der Waals surface area contributed by atoms with Crippen molar-refractivity contribution in [1.82, 2.24) is 15.0 Å². The molecule has 1 aromatic carbocycles. The van der Waals surface area contributed by atoms with E-state index in [4.69, 9.17) is 5.11 Å². The maximum atomic E-state index is 12.2. The number of carbonyl (C=O) groups excluding carboxylic acids is 1. The van der Waals surface area contributed by atoms with Crippen molar-refractivity contribution >= 4 is 11.8 Å². The zero-order valence-corrected chi connectivity index (χ0v) is 20.4. The number of carboxylic acids is 1. The highest BCUT2D eigenvalue weighted by molar-refractivity contribution is 5.91. The molecule has 0 saturated heterocycles. The first kappa shape index (κ1) is 22.7. The van der Waals surface area contributed by atoms with Crippen LogP contribution in [0.15, 0.2) is 42.1 Å². The second-order valence-corrected chi connectivity index (χ2v) is 11.6. The number of nitrogens with zero attached hydrogens (tertiary/aromatic N) is 3. The summed E-state index contributed by atoms with van der Waals surface area (Å²) in [5, 5.41) is 30.1. The Kier molecular flexibility index (Phi) is 5.08. The molecular formula is C28H33N3O4. The maximum absolute atomic E-state index is 12.2. The number of rotatable bonds is 3. The van der Waals surface area contributed by atoms with Gasteiger partial charge in [0.05, 0.1) is 17.4 Å². The van der Waals surface area contributed by atoms with Crippen LogP contribution in [-0.2, 0) is 10.4 Å². The molecule has 1 aromatic heterocycles. The number of aromatic nitrogens is 3. The van der Waals surface area contributed by atoms with Crippen LogP contribution in [0.25, 0.3) is 5.69 Å². The standard InChI is InChI=1S/C28H33N3O4/c1-16-13-18-14-20(32)7-8-21(18)22-9-11-27(2)23(25(16)22)10-12-28(27,35)24-15-31(30-29-24)19-5-3-17(4-6-19)26(33)34/h3-6,14-16,21-23,25,35H,7-13H2,1-2H3,(H,33,34)/t16-,21?,22?,23?,25?,27+,28-/m1/s1. The average Bonchev–Trinajstić information content (AvgIpc) is 3.43. The molecule has 0 spiro atoms. The van der Waals surface area contributed by atoms with Crippen LogP contribution in [-0.4, -0.2) is 37.0 Å². The van der Waals surface area contributed by atoms with E-state index in [9.17, 15) is 14.7 Å². The van der Waals surface area contributed by atoms with Gasteiger partial charge < -0.3 is 10.2 Å². The van der Waals surface area contributed by atoms with Gasteiger partial charge in [-0.3, -0.25) is 4.79 Å². The lowest BCUT2D eigenvalue weighted by molar-refractivity contribution is -0.134. The Morgan fingerprint density at radius 2 is 1.91 bits per heavy atom. The topological polar surface area (TPSA) is 105 Å². The predicted octanol–water partition coefficient (Wildman–Crippen LogP) is 4.54. The third-order valence-corrected chi connectivity index (χ3v) is 10.1. The van der Waals surface area contributed by atoms with Gasteiger partial charge in [0.1, 0.15) is 11.3 Å². The van der Waals surface area contributed by atoms with E-state index in [0.717, 1.165) is 32.1 Å². The van der Waals surface area contributed by atoms with Gasteiger partial charge in [-0.2, -0.15) is 0 Å². The van der Waals surface area contributed by atoms with Gasteiger partial charge in [-0.05, 0) is 98.5 Å². The normalized spacial score (nSPS) is 38.3. The summed E-state index contributed by atoms with van der Waals surface area (Å²) in [6, 6.07) is 6.52. The first-order chi connectivity index (χ1) is 16.7. The van der Waals surface area contributed by atoms with Crippen molar-refractivity contribution in [3.05, 3.63) is 53.4 Å². The summed E-state index contributed by atoms with van der Waals surface area (Å²) in [4.78, 5) is 23.2. The first-order valence-corrected chi connectivity index (χ1v) is 12.9. The van der Waals surface area contributed by atoms with Crippen LogP contribution in [0, 0.1) is 35.0 Å². The summed E-state index contributed by atoms with van der Waals surface area (Å²) in [5.41, 5.74) is 1.60. The van der Waals surface area contributed by atoms with Crippen LogP contribution in [0.4, 0.5) is 0 Å². The summed E-state index contributed by atoms with van der Waals surface area (Å²) in [6.45, 7) is 4.60. The number of hydrogen-bond donors (Lipinski definition) is 2. The number of aromatic carboxylic acids is 1. The molecular weight excluding hydrogens is 442 g/mol. The van der Waals surface area contributed by atoms with Gasteiger partial charge in [-0.15, -0.1) is 5.10 Å². The van der Waals surface area contributed by atoms with Crippen molar-refractivity contribution in [3.8, 4) is 5.69 Å². The van der Waals surface area contributed by atoms with Crippen molar-refractivity contribution in [2.24, 2.45) is 35.0 Å². The molecule has 3 saturated carbocycles. The molecule has 0 radical (unpaired) electrons. The minimum absolute atomic E-state index is 0.220. The van der Waals surface area contributed by atoms with Crippen molar-refractivity contribution in [3.63, 3.8) is 0 Å². The SMILES string of the molecule is C[C@@H]1CC2=CC(=O)CCC2C2CC[C@@]3(C)C(CC[C@@]3(O)c3cn(-c4ccc(C(=O)O)cc4)nn3)C21. The van der Waals surface area contributed by atoms with Crippen LogP contribution in [0.3, 0.4) is 0 Å². The van der Waals surface area contributed by atoms with E-state index in [1.807, 2.05) is 12.3 Å². The van der Waals surface area contributed by atoms with Gasteiger partial charge in [0.15, 0.2) is 5.78 Å². The lowest BCUT2D eigenvalue weighted by Gasteiger charge is -2.57. The Hall–Kier alpha value is -2.80. The Bertz CT molecular complexity index is 1220. The minimum Gasteiger partial charge on any atom is -0.478 e. The summed E-state index contributed by atoms with van der Waals surface area (Å²) in [7, 11) is 0. The zero-order valence-electron chi connectivity index (χ0n) is 20.4. The maximum Gasteiger partial charge on any atom is 0.335 e. The average molecular weight is 476 g/mol. The molecule has 7 nitrogen and oxygen atoms in total. The molecule has 2 aromatic rings. The number of carboxylic acid groups (broad SMARTS) is 1. The lowest BCUT2D eigenvalue weighted by atomic mass is 9.48. The van der Waals surface area contributed by atoms with Gasteiger partial charge in [-0.25, -0.2) is 9.48 Å². The smallest absolute Gasteiger partial charge is 0.335 e. The second kappa shape index (κ2) is 7.85. The number of carbonyl (C=O) groups is 2. The molecule has 7 heteroatoms. The summed E-state index contributed by atoms with van der Waals surface area (Å²) < 4.78 is 1.63. The van der Waals surface area contributed by atoms with E-state index in [1.165, 1.54) is 5.57 Å². The molecule has 0 bridgehead atoms. The highest BCUT2D eigenvalue weighted by atomic mass is 16.4. The van der Waals surface area contributed by atoms with E-state index < -0.39 is 11.6 Å². The monoisotopic (exact) mass is 475 g/mol. The van der Waals surface area contributed by atoms with Gasteiger partial charge in [0, 0.05) is 11.8 Å². The van der Waals surface area contributed by atoms with Crippen molar-refractivity contribution in [2.75, 3.05) is 0 Å². The third kappa shape index (κ3) is 3.27. The van der Waals surface area contributed by atoms with Gasteiger partial charge in [0.25, 0.3) is 0 Å². The van der Waals surface area contributed by atoms with Crippen LogP contribution in [0.1, 0.15) is 74.8 Å². The Balaban J connectivity index is 1.30. The quantitative estimate of drug-likeness (QED) is 0.675. The minimum atomic E-state index is -1.04. The Labute approximate surface area is 205 Å². The number of ketones is 1. The van der Waals surface area contributed by atoms with Crippen molar-refractivity contribution in [2.45, 2.75) is 64.4 Å². The molecule has 184 valence electrons. The van der Waals surface area contributed by atoms with Crippen molar-refractivity contribution < 1.29 is 19.8 Å². The molecule has 4 unspecified atom stereocenters. The molecule has 6 rings (SSSR count). The largest absolute Gasteiger partial charge is 0.478 e. The fourth-order valence-electron chi connectivity index (χ4n) is 8.36. The predicted molar refractivity (Wildman–Crippen MR) is 129 cm³/mol. The highest BCUT2D eigenvalue weighted by Crippen LogP contribution is 2.68. The number of allylic oxidation sites excluding steroid dienone is 1. The van der Waals surface area contributed by atoms with Crippen LogP contribution in [0.5, 0.6) is 0 Å². The van der Waals surface area contributed by atoms with E-state index in [1.54, 1.807) is 28.9 Å². The number of benzene rings is 1. The van der Waals surface area contributed by atoms with Crippen LogP contribution in [0.2, 0.25) is 0 Å². The van der Waals surface area contributed by atoms with Gasteiger partial charge in [-0.1, -0.05) is 24.6 Å². The summed E-state index contributed by atoms with van der Waals surface area (Å²) >= 11 is 0. The molecule has 2 N–H and O–H groups in total. The first-order valence-electron chi connectivity index (χ1n) is 12.9. The zero-order chi connectivity index (χ0) is 24.5. The summed E-state index contributed by atoms with van der Waals surface area (Å²) in [5.74, 6) is 1.92. The third-order valence-electron chi connectivity index (χ3n) is 10.1. The number of hydrogen-bond acceptors (Lipinski definition) is 5. The molecule has 4 aliphatic rings. The van der Waals surface area contributed by atoms with Crippen LogP contribution < -0.4 is 0 Å². The Morgan fingerprint density at radius 3 is 2.66 bits per heavy atom. The van der Waals surface area contributed by atoms with E-state index in [0.29, 0.717) is 59.6 Å². The molecule has 35 heavy (non-hydrogen) atoms. The number of fused-ring (bicyclic) bond motifs is 5. The number of aliphatic hydroxyl groups is 1. The molecule has 0 amide bonds. The van der Waals surface area contributed by atoms with Gasteiger partial charge >= 0.3 is 5.97 Å². The van der Waals surface area contributed by atoms with Crippen molar-refractivity contribution in [1.29, 1.82) is 0 Å². The molecule has 7 atom stereocenters. The second-order valence-electron chi connectivity index (χ2n) is 11.6. The lowest BCUT2D eigenvalue weighted by Crippen LogP contribution is -2.53.